The number of nitrogens with two attached hydrogens (primary N) is 1. The van der Waals surface area contributed by atoms with Crippen LogP contribution in [0.2, 0.25) is 0 Å². The van der Waals surface area contributed by atoms with Crippen molar-refractivity contribution in [1.82, 2.24) is 9.55 Å². The van der Waals surface area contributed by atoms with E-state index in [0.717, 1.165) is 39.4 Å². The topological polar surface area (TPSA) is 62.3 Å². The number of anilines is 1. The number of nitrogen functional groups attached to an aromatic ring is 1. The van der Waals surface area contributed by atoms with E-state index in [1.807, 2.05) is 50.0 Å². The molecule has 1 aromatic heterocycles. The summed E-state index contributed by atoms with van der Waals surface area (Å²) in [7, 11) is 5.29. The number of hydrogen-bond donors (Lipinski definition) is 1. The molecule has 0 unspecified atom stereocenters. The summed E-state index contributed by atoms with van der Waals surface area (Å²) >= 11 is 0. The molecule has 2 N–H and O–H groups in total. The van der Waals surface area contributed by atoms with Gasteiger partial charge in [-0.1, -0.05) is 0 Å². The molecule has 0 spiro atoms. The van der Waals surface area contributed by atoms with Crippen LogP contribution in [0.25, 0.3) is 22.5 Å². The van der Waals surface area contributed by atoms with Crippen LogP contribution in [0.4, 0.5) is 5.69 Å². The first-order valence-electron chi connectivity index (χ1n) is 8.07. The number of ether oxygens (including phenoxy) is 2. The van der Waals surface area contributed by atoms with Crippen molar-refractivity contribution in [2.45, 2.75) is 13.8 Å². The van der Waals surface area contributed by atoms with Gasteiger partial charge >= 0.3 is 0 Å². The quantitative estimate of drug-likeness (QED) is 0.732. The highest BCUT2D eigenvalue weighted by atomic mass is 16.5. The van der Waals surface area contributed by atoms with Gasteiger partial charge in [-0.2, -0.15) is 0 Å². The molecular weight excluding hydrogens is 314 g/mol. The number of rotatable bonds is 4. The zero-order valence-corrected chi connectivity index (χ0v) is 15.3. The molecule has 2 aromatic carbocycles. The smallest absolute Gasteiger partial charge is 0.141 e. The third kappa shape index (κ3) is 2.93. The van der Waals surface area contributed by atoms with Crippen LogP contribution in [0.1, 0.15) is 11.1 Å². The predicted octanol–water partition coefficient (Wildman–Crippen LogP) is 3.97. The number of benzene rings is 2. The van der Waals surface area contributed by atoms with Gasteiger partial charge < -0.3 is 19.8 Å². The molecule has 0 bridgehead atoms. The molecule has 0 saturated heterocycles. The lowest BCUT2D eigenvalue weighted by Gasteiger charge is -2.13. The molecule has 5 heteroatoms. The highest BCUT2D eigenvalue weighted by molar-refractivity contribution is 5.81. The summed E-state index contributed by atoms with van der Waals surface area (Å²) in [6, 6.07) is 10.0. The molecule has 0 saturated carbocycles. The molecule has 25 heavy (non-hydrogen) atoms. The first-order valence-corrected chi connectivity index (χ1v) is 8.07. The van der Waals surface area contributed by atoms with Crippen molar-refractivity contribution in [3.8, 4) is 34.0 Å². The van der Waals surface area contributed by atoms with E-state index in [1.54, 1.807) is 14.2 Å². The van der Waals surface area contributed by atoms with Crippen LogP contribution in [-0.4, -0.2) is 23.8 Å². The molecule has 3 aromatic rings. The number of aryl methyl sites for hydroxylation is 3. The summed E-state index contributed by atoms with van der Waals surface area (Å²) in [5.74, 6) is 1.58. The predicted molar refractivity (Wildman–Crippen MR) is 101 cm³/mol. The average molecular weight is 337 g/mol. The van der Waals surface area contributed by atoms with Gasteiger partial charge in [-0.05, 0) is 55.3 Å². The number of aromatic nitrogens is 2. The Hall–Kier alpha value is -2.95. The van der Waals surface area contributed by atoms with E-state index >= 15 is 0 Å². The molecular formula is C20H23N3O2. The average Bonchev–Trinajstić information content (AvgIpc) is 2.96. The van der Waals surface area contributed by atoms with Gasteiger partial charge in [0, 0.05) is 18.2 Å². The van der Waals surface area contributed by atoms with Crippen molar-refractivity contribution >= 4 is 5.69 Å². The van der Waals surface area contributed by atoms with Crippen molar-refractivity contribution in [2.75, 3.05) is 20.0 Å². The maximum Gasteiger partial charge on any atom is 0.141 e. The highest BCUT2D eigenvalue weighted by Crippen LogP contribution is 2.36. The van der Waals surface area contributed by atoms with E-state index in [4.69, 9.17) is 15.2 Å². The standard InChI is InChI=1S/C20H23N3O2/c1-12-8-15(9-13(2)20(12)25-5)18-19(23(3)11-22-18)14-6-7-17(24-4)16(21)10-14/h6-11H,21H2,1-5H3. The normalized spacial score (nSPS) is 10.8. The van der Waals surface area contributed by atoms with Gasteiger partial charge in [-0.15, -0.1) is 0 Å². The van der Waals surface area contributed by atoms with Gasteiger partial charge in [0.1, 0.15) is 11.5 Å². The highest BCUT2D eigenvalue weighted by Gasteiger charge is 2.16. The number of imidazole rings is 1. The third-order valence-electron chi connectivity index (χ3n) is 4.38. The van der Waals surface area contributed by atoms with Crippen molar-refractivity contribution in [1.29, 1.82) is 0 Å². The molecule has 1 heterocycles. The third-order valence-corrected chi connectivity index (χ3v) is 4.38. The molecule has 0 radical (unpaired) electrons. The van der Waals surface area contributed by atoms with Gasteiger partial charge in [0.15, 0.2) is 0 Å². The first-order chi connectivity index (χ1) is 12.0. The molecule has 0 aliphatic carbocycles. The van der Waals surface area contributed by atoms with E-state index in [2.05, 4.69) is 17.1 Å². The van der Waals surface area contributed by atoms with Crippen LogP contribution >= 0.6 is 0 Å². The molecule has 0 amide bonds. The van der Waals surface area contributed by atoms with E-state index in [9.17, 15) is 0 Å². The van der Waals surface area contributed by atoms with Crippen molar-refractivity contribution in [2.24, 2.45) is 7.05 Å². The van der Waals surface area contributed by atoms with E-state index in [-0.39, 0.29) is 0 Å². The second-order valence-corrected chi connectivity index (χ2v) is 6.15. The van der Waals surface area contributed by atoms with Crippen LogP contribution in [0, 0.1) is 13.8 Å². The molecule has 0 atom stereocenters. The Bertz CT molecular complexity index is 906. The molecule has 5 nitrogen and oxygen atoms in total. The maximum absolute atomic E-state index is 6.09. The van der Waals surface area contributed by atoms with Crippen molar-refractivity contribution < 1.29 is 9.47 Å². The second kappa shape index (κ2) is 6.51. The summed E-state index contributed by atoms with van der Waals surface area (Å²) in [6.07, 6.45) is 1.82. The Balaban J connectivity index is 2.17. The zero-order valence-electron chi connectivity index (χ0n) is 15.3. The van der Waals surface area contributed by atoms with Crippen LogP contribution < -0.4 is 15.2 Å². The van der Waals surface area contributed by atoms with Crippen LogP contribution in [0.15, 0.2) is 36.7 Å². The van der Waals surface area contributed by atoms with Crippen molar-refractivity contribution in [3.05, 3.63) is 47.8 Å². The maximum atomic E-state index is 6.09. The number of hydrogen-bond acceptors (Lipinski definition) is 4. The molecule has 0 aliphatic rings. The van der Waals surface area contributed by atoms with Crippen LogP contribution in [-0.2, 0) is 7.05 Å². The fourth-order valence-electron chi connectivity index (χ4n) is 3.27. The van der Waals surface area contributed by atoms with Crippen LogP contribution in [0.5, 0.6) is 11.5 Å². The Kier molecular flexibility index (Phi) is 4.40. The Morgan fingerprint density at radius 1 is 0.960 bits per heavy atom. The van der Waals surface area contributed by atoms with Gasteiger partial charge in [-0.25, -0.2) is 4.98 Å². The number of nitrogens with zero attached hydrogens (tertiary/aromatic N) is 2. The largest absolute Gasteiger partial charge is 0.496 e. The molecule has 3 rings (SSSR count). The van der Waals surface area contributed by atoms with E-state index in [1.165, 1.54) is 0 Å². The lowest BCUT2D eigenvalue weighted by Crippen LogP contribution is -1.97. The Morgan fingerprint density at radius 3 is 2.20 bits per heavy atom. The van der Waals surface area contributed by atoms with E-state index < -0.39 is 0 Å². The fourth-order valence-corrected chi connectivity index (χ4v) is 3.27. The minimum atomic E-state index is 0.606. The first kappa shape index (κ1) is 16.9. The number of methoxy groups -OCH3 is 2. The monoisotopic (exact) mass is 337 g/mol. The Morgan fingerprint density at radius 2 is 1.64 bits per heavy atom. The SMILES string of the molecule is COc1ccc(-c2c(-c3cc(C)c(OC)c(C)c3)ncn2C)cc1N. The van der Waals surface area contributed by atoms with Gasteiger partial charge in [0.2, 0.25) is 0 Å². The molecule has 0 aliphatic heterocycles. The summed E-state index contributed by atoms with van der Waals surface area (Å²) in [4.78, 5) is 4.62. The summed E-state index contributed by atoms with van der Waals surface area (Å²) < 4.78 is 12.7. The summed E-state index contributed by atoms with van der Waals surface area (Å²) in [5, 5.41) is 0. The summed E-state index contributed by atoms with van der Waals surface area (Å²) in [6.45, 7) is 4.09. The lowest BCUT2D eigenvalue weighted by atomic mass is 9.99. The fraction of sp³-hybridized carbons (Fsp3) is 0.250. The Labute approximate surface area is 148 Å². The lowest BCUT2D eigenvalue weighted by molar-refractivity contribution is 0.408. The van der Waals surface area contributed by atoms with Gasteiger partial charge in [0.05, 0.1) is 37.6 Å². The van der Waals surface area contributed by atoms with Gasteiger partial charge in [-0.3, -0.25) is 0 Å². The second-order valence-electron chi connectivity index (χ2n) is 6.15. The van der Waals surface area contributed by atoms with Crippen molar-refractivity contribution in [3.63, 3.8) is 0 Å². The minimum Gasteiger partial charge on any atom is -0.496 e. The minimum absolute atomic E-state index is 0.606. The van der Waals surface area contributed by atoms with Crippen LogP contribution in [0.3, 0.4) is 0 Å². The van der Waals surface area contributed by atoms with E-state index in [0.29, 0.717) is 11.4 Å². The molecule has 130 valence electrons. The zero-order chi connectivity index (χ0) is 18.1. The molecule has 0 fully saturated rings. The van der Waals surface area contributed by atoms with Gasteiger partial charge in [0.25, 0.3) is 0 Å². The summed E-state index contributed by atoms with van der Waals surface area (Å²) in [5.41, 5.74) is 12.9.